The van der Waals surface area contributed by atoms with Crippen LogP contribution in [0.2, 0.25) is 0 Å². The van der Waals surface area contributed by atoms with Crippen molar-refractivity contribution in [1.82, 2.24) is 4.57 Å². The Morgan fingerprint density at radius 3 is 1.84 bits per heavy atom. The molecule has 10 aromatic rings. The van der Waals surface area contributed by atoms with Crippen LogP contribution in [0.1, 0.15) is 6.42 Å². The van der Waals surface area contributed by atoms with Gasteiger partial charge in [-0.3, -0.25) is 0 Å². The highest BCUT2D eigenvalue weighted by Gasteiger charge is 2.23. The molecule has 0 saturated carbocycles. The second-order valence-corrected chi connectivity index (χ2v) is 15.6. The van der Waals surface area contributed by atoms with Crippen LogP contribution in [0.5, 0.6) is 0 Å². The first kappa shape index (κ1) is 36.0. The first-order valence-corrected chi connectivity index (χ1v) is 20.8. The van der Waals surface area contributed by atoms with Crippen molar-refractivity contribution in [3.8, 4) is 16.8 Å². The molecule has 1 unspecified atom stereocenters. The lowest BCUT2D eigenvalue weighted by molar-refractivity contribution is 0.840. The normalized spacial score (nSPS) is 13.3. The lowest BCUT2D eigenvalue weighted by Gasteiger charge is -2.34. The van der Waals surface area contributed by atoms with E-state index in [1.165, 1.54) is 54.4 Å². The minimum absolute atomic E-state index is 0.162. The molecule has 0 bridgehead atoms. The second kappa shape index (κ2) is 15.2. The molecule has 0 spiro atoms. The molecule has 288 valence electrons. The van der Waals surface area contributed by atoms with E-state index in [1.807, 2.05) is 24.3 Å². The molecule has 0 amide bonds. The number of para-hydroxylation sites is 3. The molecule has 0 N–H and O–H groups in total. The molecule has 0 fully saturated rings. The quantitative estimate of drug-likeness (QED) is 0.143. The first-order valence-electron chi connectivity index (χ1n) is 20.8. The van der Waals surface area contributed by atoms with E-state index in [2.05, 4.69) is 219 Å². The number of benzene rings is 9. The van der Waals surface area contributed by atoms with Crippen LogP contribution in [0.3, 0.4) is 0 Å². The van der Waals surface area contributed by atoms with Gasteiger partial charge < -0.3 is 14.4 Å². The van der Waals surface area contributed by atoms with Gasteiger partial charge in [-0.05, 0) is 112 Å². The Bertz CT molecular complexity index is 3400. The van der Waals surface area contributed by atoms with E-state index in [0.29, 0.717) is 5.69 Å². The molecule has 9 aromatic carbocycles. The van der Waals surface area contributed by atoms with Gasteiger partial charge in [-0.1, -0.05) is 146 Å². The maximum Gasteiger partial charge on any atom is 0.187 e. The largest absolute Gasteiger partial charge is 0.334 e. The lowest BCUT2D eigenvalue weighted by Crippen LogP contribution is -2.37. The highest BCUT2D eigenvalue weighted by Crippen LogP contribution is 2.43. The summed E-state index contributed by atoms with van der Waals surface area (Å²) in [6, 6.07) is 75.8. The number of hydrogen-bond donors (Lipinski definition) is 0. The summed E-state index contributed by atoms with van der Waals surface area (Å²) in [7, 11) is 0. The highest BCUT2D eigenvalue weighted by molar-refractivity contribution is 6.11. The van der Waals surface area contributed by atoms with Crippen LogP contribution in [0, 0.1) is 6.57 Å². The summed E-state index contributed by atoms with van der Waals surface area (Å²) in [4.78, 5) is 8.48. The van der Waals surface area contributed by atoms with Gasteiger partial charge in [-0.15, -0.1) is 0 Å². The summed E-state index contributed by atoms with van der Waals surface area (Å²) in [5.41, 5.74) is 11.8. The number of rotatable bonds is 8. The minimum atomic E-state index is 0.162. The van der Waals surface area contributed by atoms with Crippen molar-refractivity contribution in [2.45, 2.75) is 12.5 Å². The summed E-state index contributed by atoms with van der Waals surface area (Å²) in [6.45, 7) is 7.62. The molecule has 1 heterocycles. The molecule has 4 heteroatoms. The number of hydrogen-bond acceptors (Lipinski definition) is 2. The Balaban J connectivity index is 1.01. The molecule has 61 heavy (non-hydrogen) atoms. The van der Waals surface area contributed by atoms with Gasteiger partial charge in [0.25, 0.3) is 0 Å². The number of anilines is 5. The van der Waals surface area contributed by atoms with E-state index in [9.17, 15) is 0 Å². The maximum absolute atomic E-state index is 7.62. The number of nitrogens with zero attached hydrogens (tertiary/aromatic N) is 4. The van der Waals surface area contributed by atoms with Gasteiger partial charge in [-0.25, -0.2) is 4.85 Å². The van der Waals surface area contributed by atoms with Crippen LogP contribution in [0.4, 0.5) is 34.1 Å². The summed E-state index contributed by atoms with van der Waals surface area (Å²) in [6.07, 6.45) is 5.71. The Labute approximate surface area is 355 Å². The average Bonchev–Trinajstić information content (AvgIpc) is 3.66. The molecular formula is C57H40N4. The van der Waals surface area contributed by atoms with Gasteiger partial charge >= 0.3 is 0 Å². The summed E-state index contributed by atoms with van der Waals surface area (Å²) < 4.78 is 2.34. The van der Waals surface area contributed by atoms with Gasteiger partial charge in [0.15, 0.2) is 5.69 Å². The van der Waals surface area contributed by atoms with Crippen molar-refractivity contribution in [2.75, 3.05) is 9.80 Å². The standard InChI is InChI=1S/C57H40N4/c1-58-43-27-32-47(33-28-43)59(49-34-36-57-54(39-49)53-22-12-13-23-55(53)61(57)45-18-6-3-7-19-45)46-29-25-41(26-30-46)50-35-37-56(52-21-11-10-20-51(50)52)60(44-16-4-2-5-17-44)48-31-24-40-14-8-9-15-42(40)38-48/h2-30,32-39,48H,31H2. The number of fused-ring (bicyclic) bond motifs is 5. The monoisotopic (exact) mass is 780 g/mol. The van der Waals surface area contributed by atoms with Crippen LogP contribution < -0.4 is 20.2 Å². The van der Waals surface area contributed by atoms with Crippen molar-refractivity contribution >= 4 is 78.9 Å². The van der Waals surface area contributed by atoms with E-state index < -0.39 is 0 Å². The highest BCUT2D eigenvalue weighted by atomic mass is 15.2. The van der Waals surface area contributed by atoms with Crippen molar-refractivity contribution in [2.24, 2.45) is 0 Å². The van der Waals surface area contributed by atoms with Crippen LogP contribution in [0.25, 0.3) is 66.4 Å². The Morgan fingerprint density at radius 1 is 0.475 bits per heavy atom. The summed E-state index contributed by atoms with van der Waals surface area (Å²) in [5, 5.41) is 7.37. The predicted octanol–water partition coefficient (Wildman–Crippen LogP) is 13.8. The van der Waals surface area contributed by atoms with Gasteiger partial charge in [0.05, 0.1) is 23.6 Å². The fourth-order valence-corrected chi connectivity index (χ4v) is 9.26. The van der Waals surface area contributed by atoms with E-state index in [-0.39, 0.29) is 6.04 Å². The molecule has 11 rings (SSSR count). The van der Waals surface area contributed by atoms with Crippen molar-refractivity contribution in [3.05, 3.63) is 234 Å². The minimum Gasteiger partial charge on any atom is -0.334 e. The van der Waals surface area contributed by atoms with E-state index in [1.54, 1.807) is 0 Å². The molecular weight excluding hydrogens is 741 g/mol. The van der Waals surface area contributed by atoms with Gasteiger partial charge in [0.2, 0.25) is 0 Å². The molecule has 4 nitrogen and oxygen atoms in total. The van der Waals surface area contributed by atoms with E-state index >= 15 is 0 Å². The summed E-state index contributed by atoms with van der Waals surface area (Å²) in [5.74, 6) is 0. The average molecular weight is 781 g/mol. The van der Waals surface area contributed by atoms with Gasteiger partial charge in [0, 0.05) is 50.3 Å². The van der Waals surface area contributed by atoms with E-state index in [4.69, 9.17) is 6.57 Å². The summed E-state index contributed by atoms with van der Waals surface area (Å²) >= 11 is 0. The maximum atomic E-state index is 7.62. The zero-order chi connectivity index (χ0) is 40.7. The zero-order valence-corrected chi connectivity index (χ0v) is 33.4. The molecule has 1 aliphatic carbocycles. The first-order chi connectivity index (χ1) is 30.2. The SMILES string of the molecule is [C-]#[N+]c1ccc(N(c2ccc(-c3ccc(N(c4ccccc4)C4C=c5ccccc5=CC4)c4ccccc34)cc2)c2ccc3c(c2)c2ccccc2n3-c2ccccc2)cc1. The zero-order valence-electron chi connectivity index (χ0n) is 33.4. The lowest BCUT2D eigenvalue weighted by atomic mass is 9.94. The third kappa shape index (κ3) is 6.41. The fraction of sp³-hybridized carbons (Fsp3) is 0.0351. The molecule has 0 saturated heterocycles. The van der Waals surface area contributed by atoms with E-state index in [0.717, 1.165) is 40.3 Å². The second-order valence-electron chi connectivity index (χ2n) is 15.6. The Morgan fingerprint density at radius 2 is 1.08 bits per heavy atom. The van der Waals surface area contributed by atoms with Crippen molar-refractivity contribution < 1.29 is 0 Å². The third-order valence-corrected chi connectivity index (χ3v) is 12.1. The van der Waals surface area contributed by atoms with Gasteiger partial charge in [0.1, 0.15) is 0 Å². The van der Waals surface area contributed by atoms with Crippen LogP contribution in [0.15, 0.2) is 212 Å². The topological polar surface area (TPSA) is 15.8 Å². The Hall–Kier alpha value is -8.13. The smallest absolute Gasteiger partial charge is 0.187 e. The molecule has 1 aliphatic rings. The molecule has 0 radical (unpaired) electrons. The van der Waals surface area contributed by atoms with Crippen LogP contribution in [-0.4, -0.2) is 10.6 Å². The van der Waals surface area contributed by atoms with Crippen molar-refractivity contribution in [3.63, 3.8) is 0 Å². The van der Waals surface area contributed by atoms with Crippen molar-refractivity contribution in [1.29, 1.82) is 0 Å². The van der Waals surface area contributed by atoms with Crippen LogP contribution >= 0.6 is 0 Å². The van der Waals surface area contributed by atoms with Crippen LogP contribution in [-0.2, 0) is 0 Å². The molecule has 0 aliphatic heterocycles. The molecule has 1 atom stereocenters. The Kier molecular flexibility index (Phi) is 8.99. The van der Waals surface area contributed by atoms with Gasteiger partial charge in [-0.2, -0.15) is 0 Å². The fourth-order valence-electron chi connectivity index (χ4n) is 9.26. The third-order valence-electron chi connectivity index (χ3n) is 12.1. The number of aromatic nitrogens is 1. The molecule has 1 aromatic heterocycles. The predicted molar refractivity (Wildman–Crippen MR) is 256 cm³/mol.